The molecule has 0 saturated heterocycles. The fourth-order valence-electron chi connectivity index (χ4n) is 1.83. The van der Waals surface area contributed by atoms with Crippen LogP contribution in [0.2, 0.25) is 0 Å². The summed E-state index contributed by atoms with van der Waals surface area (Å²) in [5.74, 6) is 2.65. The maximum Gasteiger partial charge on any atom is 0.0927 e. The summed E-state index contributed by atoms with van der Waals surface area (Å²) >= 11 is 0. The van der Waals surface area contributed by atoms with E-state index in [1.54, 1.807) is 0 Å². The van der Waals surface area contributed by atoms with E-state index in [1.165, 1.54) is 12.8 Å². The molecule has 0 fully saturated rings. The summed E-state index contributed by atoms with van der Waals surface area (Å²) in [6, 6.07) is 9.65. The van der Waals surface area contributed by atoms with Crippen LogP contribution in [0.4, 0.5) is 0 Å². The largest absolute Gasteiger partial charge is 0.387 e. The Bertz CT molecular complexity index is 323. The molecule has 1 rings (SSSR count). The molecule has 0 aliphatic carbocycles. The number of terminal acetylenes is 1. The third-order valence-electron chi connectivity index (χ3n) is 2.85. The number of rotatable bonds is 6. The minimum atomic E-state index is -0.525. The molecule has 0 unspecified atom stereocenters. The summed E-state index contributed by atoms with van der Waals surface area (Å²) in [4.78, 5) is 0. The van der Waals surface area contributed by atoms with Crippen LogP contribution >= 0.6 is 0 Å². The second-order valence-corrected chi connectivity index (χ2v) is 4.12. The lowest BCUT2D eigenvalue weighted by Gasteiger charge is -2.18. The molecule has 1 nitrogen and oxygen atoms in total. The topological polar surface area (TPSA) is 20.2 Å². The molecule has 86 valence electrons. The highest BCUT2D eigenvalue weighted by Crippen LogP contribution is 2.25. The molecule has 1 aromatic carbocycles. The SMILES string of the molecule is C#C[C@H](CCCCC)[C@@H](O)c1ccccc1. The Morgan fingerprint density at radius 2 is 1.94 bits per heavy atom. The van der Waals surface area contributed by atoms with Crippen LogP contribution in [0.5, 0.6) is 0 Å². The second-order valence-electron chi connectivity index (χ2n) is 4.12. The van der Waals surface area contributed by atoms with Crippen molar-refractivity contribution in [1.29, 1.82) is 0 Å². The Hall–Kier alpha value is -1.26. The molecule has 2 atom stereocenters. The lowest BCUT2D eigenvalue weighted by atomic mass is 9.91. The molecule has 0 amide bonds. The third kappa shape index (κ3) is 3.72. The third-order valence-corrected chi connectivity index (χ3v) is 2.85. The van der Waals surface area contributed by atoms with E-state index in [2.05, 4.69) is 12.8 Å². The Labute approximate surface area is 98.5 Å². The molecule has 1 aromatic rings. The molecule has 0 aliphatic rings. The van der Waals surface area contributed by atoms with Crippen LogP contribution in [-0.2, 0) is 0 Å². The van der Waals surface area contributed by atoms with Gasteiger partial charge in [-0.1, -0.05) is 56.5 Å². The van der Waals surface area contributed by atoms with E-state index in [4.69, 9.17) is 6.42 Å². The van der Waals surface area contributed by atoms with Crippen molar-refractivity contribution >= 4 is 0 Å². The van der Waals surface area contributed by atoms with Gasteiger partial charge in [0.1, 0.15) is 0 Å². The second kappa shape index (κ2) is 7.09. The number of aliphatic hydroxyl groups is 1. The average molecular weight is 216 g/mol. The normalized spacial score (nSPS) is 14.1. The predicted octanol–water partition coefficient (Wildman–Crippen LogP) is 3.55. The lowest BCUT2D eigenvalue weighted by Crippen LogP contribution is -2.10. The van der Waals surface area contributed by atoms with Gasteiger partial charge in [0.25, 0.3) is 0 Å². The number of benzene rings is 1. The van der Waals surface area contributed by atoms with E-state index in [0.717, 1.165) is 18.4 Å². The fourth-order valence-corrected chi connectivity index (χ4v) is 1.83. The van der Waals surface area contributed by atoms with E-state index in [9.17, 15) is 5.11 Å². The Morgan fingerprint density at radius 3 is 2.50 bits per heavy atom. The first kappa shape index (κ1) is 12.8. The molecule has 0 radical (unpaired) electrons. The molecule has 0 aliphatic heterocycles. The van der Waals surface area contributed by atoms with E-state index < -0.39 is 6.10 Å². The van der Waals surface area contributed by atoms with E-state index >= 15 is 0 Å². The van der Waals surface area contributed by atoms with E-state index in [-0.39, 0.29) is 5.92 Å². The number of unbranched alkanes of at least 4 members (excludes halogenated alkanes) is 2. The predicted molar refractivity (Wildman–Crippen MR) is 67.9 cm³/mol. The molecule has 0 saturated carbocycles. The van der Waals surface area contributed by atoms with Gasteiger partial charge in [-0.25, -0.2) is 0 Å². The lowest BCUT2D eigenvalue weighted by molar-refractivity contribution is 0.130. The molecule has 16 heavy (non-hydrogen) atoms. The van der Waals surface area contributed by atoms with Crippen LogP contribution in [0, 0.1) is 18.3 Å². The maximum atomic E-state index is 10.1. The molecule has 1 heteroatoms. The van der Waals surface area contributed by atoms with Gasteiger partial charge < -0.3 is 5.11 Å². The highest BCUT2D eigenvalue weighted by Gasteiger charge is 2.17. The molecule has 0 heterocycles. The van der Waals surface area contributed by atoms with Crippen LogP contribution < -0.4 is 0 Å². The van der Waals surface area contributed by atoms with Crippen molar-refractivity contribution in [2.45, 2.75) is 38.7 Å². The van der Waals surface area contributed by atoms with Crippen LogP contribution in [0.15, 0.2) is 30.3 Å². The minimum absolute atomic E-state index is 0.0612. The zero-order chi connectivity index (χ0) is 11.8. The first-order valence-electron chi connectivity index (χ1n) is 5.98. The van der Waals surface area contributed by atoms with Gasteiger partial charge in [0.2, 0.25) is 0 Å². The quantitative estimate of drug-likeness (QED) is 0.569. The number of aliphatic hydroxyl groups excluding tert-OH is 1. The molecule has 1 N–H and O–H groups in total. The highest BCUT2D eigenvalue weighted by molar-refractivity contribution is 5.20. The van der Waals surface area contributed by atoms with Crippen molar-refractivity contribution in [1.82, 2.24) is 0 Å². The Balaban J connectivity index is 2.57. The van der Waals surface area contributed by atoms with Crippen LogP contribution in [0.25, 0.3) is 0 Å². The van der Waals surface area contributed by atoms with Gasteiger partial charge in [-0.15, -0.1) is 12.3 Å². The molecule has 0 spiro atoms. The summed E-state index contributed by atoms with van der Waals surface area (Å²) in [5.41, 5.74) is 0.918. The van der Waals surface area contributed by atoms with Gasteiger partial charge in [0, 0.05) is 0 Å². The van der Waals surface area contributed by atoms with Gasteiger partial charge in [0.05, 0.1) is 12.0 Å². The van der Waals surface area contributed by atoms with Crippen molar-refractivity contribution in [3.63, 3.8) is 0 Å². The zero-order valence-corrected chi connectivity index (χ0v) is 9.89. The van der Waals surface area contributed by atoms with Gasteiger partial charge in [-0.05, 0) is 12.0 Å². The molecule has 0 bridgehead atoms. The van der Waals surface area contributed by atoms with Gasteiger partial charge in [-0.3, -0.25) is 0 Å². The first-order valence-corrected chi connectivity index (χ1v) is 5.98. The van der Waals surface area contributed by atoms with E-state index in [0.29, 0.717) is 0 Å². The van der Waals surface area contributed by atoms with Crippen molar-refractivity contribution in [3.05, 3.63) is 35.9 Å². The Morgan fingerprint density at radius 1 is 1.25 bits per heavy atom. The minimum Gasteiger partial charge on any atom is -0.387 e. The van der Waals surface area contributed by atoms with Gasteiger partial charge >= 0.3 is 0 Å². The van der Waals surface area contributed by atoms with Crippen molar-refractivity contribution < 1.29 is 5.11 Å². The standard InChI is InChI=1S/C15H20O/c1-3-5-7-10-13(4-2)15(16)14-11-8-6-9-12-14/h2,6,8-9,11-13,15-16H,3,5,7,10H2,1H3/t13-,15-/m1/s1. The number of hydrogen-bond donors (Lipinski definition) is 1. The smallest absolute Gasteiger partial charge is 0.0927 e. The average Bonchev–Trinajstić information content (AvgIpc) is 2.35. The van der Waals surface area contributed by atoms with Crippen molar-refractivity contribution in [2.75, 3.05) is 0 Å². The molecule has 0 aromatic heterocycles. The first-order chi connectivity index (χ1) is 7.79. The van der Waals surface area contributed by atoms with Crippen molar-refractivity contribution in [3.8, 4) is 12.3 Å². The molecular formula is C15H20O. The summed E-state index contributed by atoms with van der Waals surface area (Å²) < 4.78 is 0. The molecular weight excluding hydrogens is 196 g/mol. The monoisotopic (exact) mass is 216 g/mol. The number of hydrogen-bond acceptors (Lipinski definition) is 1. The van der Waals surface area contributed by atoms with Crippen molar-refractivity contribution in [2.24, 2.45) is 5.92 Å². The van der Waals surface area contributed by atoms with Gasteiger partial charge in [0.15, 0.2) is 0 Å². The highest BCUT2D eigenvalue weighted by atomic mass is 16.3. The summed E-state index contributed by atoms with van der Waals surface area (Å²) in [5, 5.41) is 10.1. The van der Waals surface area contributed by atoms with Crippen LogP contribution in [-0.4, -0.2) is 5.11 Å². The summed E-state index contributed by atoms with van der Waals surface area (Å²) in [6.07, 6.45) is 9.31. The van der Waals surface area contributed by atoms with E-state index in [1.807, 2.05) is 30.3 Å². The maximum absolute atomic E-state index is 10.1. The van der Waals surface area contributed by atoms with Gasteiger partial charge in [-0.2, -0.15) is 0 Å². The van der Waals surface area contributed by atoms with Crippen LogP contribution in [0.1, 0.15) is 44.3 Å². The van der Waals surface area contributed by atoms with Crippen LogP contribution in [0.3, 0.4) is 0 Å². The Kier molecular flexibility index (Phi) is 5.67. The summed E-state index contributed by atoms with van der Waals surface area (Å²) in [7, 11) is 0. The fraction of sp³-hybridized carbons (Fsp3) is 0.467. The zero-order valence-electron chi connectivity index (χ0n) is 9.89. The summed E-state index contributed by atoms with van der Waals surface area (Å²) in [6.45, 7) is 2.17.